The molecule has 2 heterocycles. The zero-order chi connectivity index (χ0) is 22.3. The number of benzene rings is 2. The van der Waals surface area contributed by atoms with Gasteiger partial charge in [-0.1, -0.05) is 26.3 Å². The van der Waals surface area contributed by atoms with Crippen molar-refractivity contribution in [3.63, 3.8) is 0 Å². The molecule has 2 aromatic carbocycles. The molecular weight excluding hydrogens is 400 g/mol. The summed E-state index contributed by atoms with van der Waals surface area (Å²) in [6.07, 6.45) is 6.32. The Kier molecular flexibility index (Phi) is 5.12. The van der Waals surface area contributed by atoms with Crippen molar-refractivity contribution in [3.05, 3.63) is 48.0 Å². The largest absolute Gasteiger partial charge is 0.436 e. The lowest BCUT2D eigenvalue weighted by Crippen LogP contribution is -2.58. The second kappa shape index (κ2) is 7.97. The molecule has 7 nitrogen and oxygen atoms in total. The van der Waals surface area contributed by atoms with E-state index in [1.807, 2.05) is 35.2 Å². The number of fused-ring (bicyclic) bond motifs is 1. The minimum atomic E-state index is -0.445. The third-order valence-electron chi connectivity index (χ3n) is 6.82. The molecule has 1 saturated carbocycles. The first-order valence-electron chi connectivity index (χ1n) is 11.5. The average Bonchev–Trinajstić information content (AvgIpc) is 3.22. The number of anilines is 1. The standard InChI is InChI=1S/C25H30N6O/c1-3-16(2)18-9-12-21-20(15-18)28-22(32-21)17-7-10-19(11-8-17)31-24(27)29-23(26)30-25(31)13-5-4-6-14-25/h7-12,15-16H,3-6,13-14H2,1-2H3,(H4,26,27,29,30). The average molecular weight is 431 g/mol. The fourth-order valence-electron chi connectivity index (χ4n) is 4.86. The summed E-state index contributed by atoms with van der Waals surface area (Å²) in [5, 5.41) is 0. The summed E-state index contributed by atoms with van der Waals surface area (Å²) in [4.78, 5) is 15.8. The first-order valence-corrected chi connectivity index (χ1v) is 11.5. The van der Waals surface area contributed by atoms with Crippen LogP contribution in [0.4, 0.5) is 5.69 Å². The van der Waals surface area contributed by atoms with E-state index < -0.39 is 5.66 Å². The van der Waals surface area contributed by atoms with Gasteiger partial charge >= 0.3 is 0 Å². The van der Waals surface area contributed by atoms with Crippen molar-refractivity contribution in [3.8, 4) is 11.5 Å². The van der Waals surface area contributed by atoms with Crippen molar-refractivity contribution < 1.29 is 4.42 Å². The molecule has 4 N–H and O–H groups in total. The predicted octanol–water partition coefficient (Wildman–Crippen LogP) is 5.12. The fraction of sp³-hybridized carbons (Fsp3) is 0.400. The van der Waals surface area contributed by atoms with Crippen LogP contribution in [0.2, 0.25) is 0 Å². The molecule has 0 bridgehead atoms. The number of hydrogen-bond donors (Lipinski definition) is 2. The maximum Gasteiger partial charge on any atom is 0.227 e. The molecular formula is C25H30N6O. The summed E-state index contributed by atoms with van der Waals surface area (Å²) in [5.74, 6) is 1.77. The minimum absolute atomic E-state index is 0.264. The van der Waals surface area contributed by atoms with Crippen molar-refractivity contribution >= 4 is 28.7 Å². The van der Waals surface area contributed by atoms with Gasteiger partial charge in [-0.15, -0.1) is 0 Å². The molecule has 0 amide bonds. The van der Waals surface area contributed by atoms with E-state index in [4.69, 9.17) is 25.9 Å². The lowest BCUT2D eigenvalue weighted by Gasteiger charge is -2.45. The van der Waals surface area contributed by atoms with E-state index in [1.165, 1.54) is 12.0 Å². The Labute approximate surface area is 188 Å². The van der Waals surface area contributed by atoms with Gasteiger partial charge in [-0.25, -0.2) is 9.98 Å². The Hall–Kier alpha value is -3.35. The maximum atomic E-state index is 6.34. The lowest BCUT2D eigenvalue weighted by molar-refractivity contribution is 0.305. The van der Waals surface area contributed by atoms with Crippen LogP contribution in [0.1, 0.15) is 63.9 Å². The Morgan fingerprint density at radius 1 is 1.06 bits per heavy atom. The van der Waals surface area contributed by atoms with Gasteiger partial charge in [0.2, 0.25) is 17.8 Å². The van der Waals surface area contributed by atoms with Gasteiger partial charge in [-0.05, 0) is 80.0 Å². The molecule has 1 fully saturated rings. The van der Waals surface area contributed by atoms with E-state index in [9.17, 15) is 0 Å². The highest BCUT2D eigenvalue weighted by Crippen LogP contribution is 2.40. The minimum Gasteiger partial charge on any atom is -0.436 e. The number of nitrogens with two attached hydrogens (primary N) is 2. The van der Waals surface area contributed by atoms with Crippen LogP contribution in [0, 0.1) is 0 Å². The van der Waals surface area contributed by atoms with E-state index in [2.05, 4.69) is 31.0 Å². The number of aliphatic imine (C=N–C) groups is 2. The molecule has 7 heteroatoms. The van der Waals surface area contributed by atoms with Crippen LogP contribution in [0.15, 0.2) is 56.9 Å². The molecule has 166 valence electrons. The van der Waals surface area contributed by atoms with Crippen LogP contribution in [-0.4, -0.2) is 22.6 Å². The smallest absolute Gasteiger partial charge is 0.227 e. The third kappa shape index (κ3) is 3.51. The summed E-state index contributed by atoms with van der Waals surface area (Å²) in [5.41, 5.74) is 16.7. The molecule has 1 atom stereocenters. The van der Waals surface area contributed by atoms with Gasteiger partial charge in [-0.2, -0.15) is 4.99 Å². The van der Waals surface area contributed by atoms with E-state index in [-0.39, 0.29) is 5.96 Å². The van der Waals surface area contributed by atoms with Crippen molar-refractivity contribution in [1.82, 2.24) is 4.98 Å². The summed E-state index contributed by atoms with van der Waals surface area (Å²) < 4.78 is 6.04. The molecule has 1 aromatic heterocycles. The zero-order valence-electron chi connectivity index (χ0n) is 18.7. The van der Waals surface area contributed by atoms with Gasteiger partial charge in [0.15, 0.2) is 5.58 Å². The van der Waals surface area contributed by atoms with Crippen LogP contribution >= 0.6 is 0 Å². The normalized spacial score (nSPS) is 19.1. The number of rotatable bonds is 4. The summed E-state index contributed by atoms with van der Waals surface area (Å²) >= 11 is 0. The van der Waals surface area contributed by atoms with Gasteiger partial charge in [0, 0.05) is 11.3 Å². The number of guanidine groups is 2. The van der Waals surface area contributed by atoms with Crippen molar-refractivity contribution in [2.75, 3.05) is 4.90 Å². The lowest BCUT2D eigenvalue weighted by atomic mass is 9.87. The van der Waals surface area contributed by atoms with Crippen LogP contribution in [0.25, 0.3) is 22.6 Å². The first kappa shape index (κ1) is 20.5. The first-order chi connectivity index (χ1) is 15.5. The Morgan fingerprint density at radius 2 is 1.81 bits per heavy atom. The molecule has 1 aliphatic heterocycles. The SMILES string of the molecule is CCC(C)c1ccc2oc(-c3ccc(N4C(N)=NC(N)=NC45CCCCC5)cc3)nc2c1. The van der Waals surface area contributed by atoms with Crippen LogP contribution in [0.5, 0.6) is 0 Å². The van der Waals surface area contributed by atoms with E-state index in [1.54, 1.807) is 0 Å². The predicted molar refractivity (Wildman–Crippen MR) is 130 cm³/mol. The number of aromatic nitrogens is 1. The Balaban J connectivity index is 1.47. The van der Waals surface area contributed by atoms with Gasteiger partial charge in [0.05, 0.1) is 0 Å². The molecule has 0 radical (unpaired) electrons. The van der Waals surface area contributed by atoms with E-state index >= 15 is 0 Å². The monoisotopic (exact) mass is 430 g/mol. The molecule has 3 aromatic rings. The summed E-state index contributed by atoms with van der Waals surface area (Å²) in [7, 11) is 0. The van der Waals surface area contributed by atoms with Crippen LogP contribution in [-0.2, 0) is 0 Å². The summed E-state index contributed by atoms with van der Waals surface area (Å²) in [6.45, 7) is 4.43. The highest BCUT2D eigenvalue weighted by molar-refractivity contribution is 6.05. The molecule has 0 saturated heterocycles. The van der Waals surface area contributed by atoms with Crippen LogP contribution < -0.4 is 16.4 Å². The quantitative estimate of drug-likeness (QED) is 0.598. The topological polar surface area (TPSA) is 106 Å². The molecule has 1 unspecified atom stereocenters. The molecule has 2 aliphatic rings. The Bertz CT molecular complexity index is 1190. The van der Waals surface area contributed by atoms with Crippen molar-refractivity contribution in [1.29, 1.82) is 0 Å². The number of oxazole rings is 1. The molecule has 1 spiro atoms. The molecule has 5 rings (SSSR count). The fourth-order valence-corrected chi connectivity index (χ4v) is 4.86. The van der Waals surface area contributed by atoms with E-state index in [0.29, 0.717) is 17.8 Å². The summed E-state index contributed by atoms with van der Waals surface area (Å²) in [6, 6.07) is 14.4. The van der Waals surface area contributed by atoms with Gasteiger partial charge in [0.25, 0.3) is 0 Å². The molecule has 32 heavy (non-hydrogen) atoms. The Morgan fingerprint density at radius 3 is 2.53 bits per heavy atom. The third-order valence-corrected chi connectivity index (χ3v) is 6.82. The number of nitrogens with zero attached hydrogens (tertiary/aromatic N) is 4. The van der Waals surface area contributed by atoms with Crippen LogP contribution in [0.3, 0.4) is 0 Å². The highest BCUT2D eigenvalue weighted by atomic mass is 16.3. The molecule has 1 aliphatic carbocycles. The van der Waals surface area contributed by atoms with E-state index in [0.717, 1.165) is 54.5 Å². The van der Waals surface area contributed by atoms with Crippen molar-refractivity contribution in [2.45, 2.75) is 64.0 Å². The van der Waals surface area contributed by atoms with Crippen molar-refractivity contribution in [2.24, 2.45) is 21.5 Å². The number of hydrogen-bond acceptors (Lipinski definition) is 7. The zero-order valence-corrected chi connectivity index (χ0v) is 18.7. The van der Waals surface area contributed by atoms with Gasteiger partial charge in [-0.3, -0.25) is 4.90 Å². The van der Waals surface area contributed by atoms with Gasteiger partial charge < -0.3 is 15.9 Å². The van der Waals surface area contributed by atoms with Gasteiger partial charge in [0.1, 0.15) is 11.2 Å². The maximum absolute atomic E-state index is 6.34. The second-order valence-corrected chi connectivity index (χ2v) is 8.92. The highest BCUT2D eigenvalue weighted by Gasteiger charge is 2.42. The second-order valence-electron chi connectivity index (χ2n) is 8.92.